The van der Waals surface area contributed by atoms with Gasteiger partial charge in [-0.2, -0.15) is 0 Å². The fourth-order valence-corrected chi connectivity index (χ4v) is 3.88. The number of pyridine rings is 1. The number of nitrogens with zero attached hydrogens (tertiary/aromatic N) is 1. The number of hydrogen-bond donors (Lipinski definition) is 1. The van der Waals surface area contributed by atoms with Gasteiger partial charge in [-0.1, -0.05) is 18.2 Å². The molecule has 3 rings (SSSR count). The topological polar surface area (TPSA) is 51.2 Å². The van der Waals surface area contributed by atoms with Crippen molar-refractivity contribution in [2.75, 3.05) is 24.3 Å². The molecule has 2 heterocycles. The second kappa shape index (κ2) is 7.53. The summed E-state index contributed by atoms with van der Waals surface area (Å²) in [5.74, 6) is 2.25. The number of benzene rings is 1. The second-order valence-corrected chi connectivity index (χ2v) is 8.36. The van der Waals surface area contributed by atoms with Crippen LogP contribution in [0.25, 0.3) is 10.9 Å². The number of anilines is 1. The first-order valence-corrected chi connectivity index (χ1v) is 9.42. The van der Waals surface area contributed by atoms with E-state index in [1.807, 2.05) is 50.2 Å². The number of nitrogens with one attached hydrogen (secondary N) is 1. The van der Waals surface area contributed by atoms with Crippen LogP contribution >= 0.6 is 11.8 Å². The molecule has 0 radical (unpaired) electrons. The number of carbonyl (C=O) groups is 1. The Kier molecular flexibility index (Phi) is 5.41. The molecule has 1 N–H and O–H groups in total. The molecule has 0 spiro atoms. The molecule has 4 nitrogen and oxygen atoms in total. The molecule has 5 heteroatoms. The zero-order chi connectivity index (χ0) is 17.0. The third-order valence-electron chi connectivity index (χ3n) is 4.41. The number of aromatic nitrogens is 1. The fourth-order valence-electron chi connectivity index (χ4n) is 2.71. The summed E-state index contributed by atoms with van der Waals surface area (Å²) in [7, 11) is 0. The van der Waals surface area contributed by atoms with Crippen LogP contribution in [0.5, 0.6) is 0 Å². The normalized spacial score (nSPS) is 16.2. The van der Waals surface area contributed by atoms with E-state index >= 15 is 0 Å². The predicted octanol–water partition coefficient (Wildman–Crippen LogP) is 4.11. The number of carbonyl (C=O) groups excluding carboxylic acids is 1. The summed E-state index contributed by atoms with van der Waals surface area (Å²) in [4.78, 5) is 17.2. The number of fused-ring (bicyclic) bond motifs is 1. The number of rotatable bonds is 5. The Morgan fingerprint density at radius 1 is 1.25 bits per heavy atom. The maximum Gasteiger partial charge on any atom is 0.241 e. The van der Waals surface area contributed by atoms with E-state index in [-0.39, 0.29) is 5.91 Å². The molecule has 24 heavy (non-hydrogen) atoms. The van der Waals surface area contributed by atoms with E-state index in [2.05, 4.69) is 10.3 Å². The molecular formula is C19H24N2O2S. The zero-order valence-corrected chi connectivity index (χ0v) is 15.1. The summed E-state index contributed by atoms with van der Waals surface area (Å²) in [6.45, 7) is 5.65. The van der Waals surface area contributed by atoms with Crippen LogP contribution in [0.3, 0.4) is 0 Å². The molecule has 1 amide bonds. The molecule has 1 aliphatic heterocycles. The van der Waals surface area contributed by atoms with Gasteiger partial charge in [0, 0.05) is 18.6 Å². The van der Waals surface area contributed by atoms with Gasteiger partial charge in [0.1, 0.15) is 5.82 Å². The number of thioether (sulfide) groups is 1. The summed E-state index contributed by atoms with van der Waals surface area (Å²) in [5.41, 5.74) is 0.892. The zero-order valence-electron chi connectivity index (χ0n) is 14.2. The van der Waals surface area contributed by atoms with Gasteiger partial charge in [-0.15, -0.1) is 11.8 Å². The molecule has 2 aromatic rings. The molecule has 0 saturated carbocycles. The smallest absolute Gasteiger partial charge is 0.241 e. The van der Waals surface area contributed by atoms with E-state index in [0.717, 1.165) is 42.7 Å². The minimum atomic E-state index is -0.481. The molecule has 0 aliphatic carbocycles. The summed E-state index contributed by atoms with van der Waals surface area (Å²) in [6, 6.07) is 11.8. The Bertz CT molecular complexity index is 711. The molecule has 0 bridgehead atoms. The van der Waals surface area contributed by atoms with Crippen molar-refractivity contribution < 1.29 is 9.53 Å². The lowest BCUT2D eigenvalue weighted by atomic mass is 10.0. The number of ether oxygens (including phenoxy) is 1. The Balaban J connectivity index is 1.61. The van der Waals surface area contributed by atoms with Crippen LogP contribution in [-0.4, -0.2) is 34.6 Å². The van der Waals surface area contributed by atoms with Crippen molar-refractivity contribution in [2.45, 2.75) is 31.4 Å². The van der Waals surface area contributed by atoms with Gasteiger partial charge in [0.2, 0.25) is 5.91 Å². The van der Waals surface area contributed by atoms with Crippen LogP contribution in [0.1, 0.15) is 26.7 Å². The van der Waals surface area contributed by atoms with Crippen molar-refractivity contribution in [3.8, 4) is 0 Å². The molecular weight excluding hydrogens is 320 g/mol. The number of para-hydroxylation sites is 1. The fraction of sp³-hybridized carbons (Fsp3) is 0.474. The van der Waals surface area contributed by atoms with Gasteiger partial charge in [-0.05, 0) is 56.6 Å². The van der Waals surface area contributed by atoms with E-state index in [4.69, 9.17) is 4.74 Å². The van der Waals surface area contributed by atoms with Crippen molar-refractivity contribution in [1.82, 2.24) is 4.98 Å². The molecule has 1 saturated heterocycles. The van der Waals surface area contributed by atoms with Crippen LogP contribution in [0.15, 0.2) is 36.4 Å². The van der Waals surface area contributed by atoms with Gasteiger partial charge in [0.15, 0.2) is 0 Å². The van der Waals surface area contributed by atoms with Crippen molar-refractivity contribution in [2.24, 2.45) is 5.92 Å². The lowest BCUT2D eigenvalue weighted by molar-refractivity contribution is -0.117. The van der Waals surface area contributed by atoms with Gasteiger partial charge >= 0.3 is 0 Å². The van der Waals surface area contributed by atoms with Crippen LogP contribution in [0.2, 0.25) is 0 Å². The Labute approximate surface area is 147 Å². The molecule has 0 atom stereocenters. The molecule has 1 aromatic heterocycles. The van der Waals surface area contributed by atoms with Gasteiger partial charge in [-0.25, -0.2) is 4.98 Å². The maximum atomic E-state index is 12.6. The van der Waals surface area contributed by atoms with Crippen LogP contribution in [0, 0.1) is 5.92 Å². The SMILES string of the molecule is CC(C)(SCC1CCOCC1)C(=O)Nc1ccc2ccccc2n1. The Morgan fingerprint density at radius 2 is 2.00 bits per heavy atom. The minimum absolute atomic E-state index is 0.00217. The Morgan fingerprint density at radius 3 is 2.79 bits per heavy atom. The van der Waals surface area contributed by atoms with Crippen molar-refractivity contribution in [1.29, 1.82) is 0 Å². The van der Waals surface area contributed by atoms with Gasteiger partial charge in [0.25, 0.3) is 0 Å². The quantitative estimate of drug-likeness (QED) is 0.887. The lowest BCUT2D eigenvalue weighted by Crippen LogP contribution is -2.35. The summed E-state index contributed by atoms with van der Waals surface area (Å²) >= 11 is 1.72. The molecule has 1 fully saturated rings. The van der Waals surface area contributed by atoms with Crippen molar-refractivity contribution in [3.63, 3.8) is 0 Å². The Hall–Kier alpha value is -1.59. The predicted molar refractivity (Wildman–Crippen MR) is 100 cm³/mol. The van der Waals surface area contributed by atoms with Gasteiger partial charge in [0.05, 0.1) is 10.3 Å². The highest BCUT2D eigenvalue weighted by molar-refractivity contribution is 8.01. The lowest BCUT2D eigenvalue weighted by Gasteiger charge is -2.27. The molecule has 128 valence electrons. The van der Waals surface area contributed by atoms with Crippen LogP contribution in [-0.2, 0) is 9.53 Å². The van der Waals surface area contributed by atoms with E-state index in [0.29, 0.717) is 11.7 Å². The average molecular weight is 344 g/mol. The molecule has 1 aromatic carbocycles. The van der Waals surface area contributed by atoms with E-state index in [1.54, 1.807) is 11.8 Å². The standard InChI is InChI=1S/C19H24N2O2S/c1-19(2,24-13-14-9-11-23-12-10-14)18(22)21-17-8-7-15-5-3-4-6-16(15)20-17/h3-8,14H,9-13H2,1-2H3,(H,20,21,22). The maximum absolute atomic E-state index is 12.6. The minimum Gasteiger partial charge on any atom is -0.381 e. The van der Waals surface area contributed by atoms with Gasteiger partial charge < -0.3 is 10.1 Å². The largest absolute Gasteiger partial charge is 0.381 e. The first-order chi connectivity index (χ1) is 11.5. The highest BCUT2D eigenvalue weighted by Gasteiger charge is 2.30. The summed E-state index contributed by atoms with van der Waals surface area (Å²) in [5, 5.41) is 4.04. The number of hydrogen-bond acceptors (Lipinski definition) is 4. The van der Waals surface area contributed by atoms with E-state index < -0.39 is 4.75 Å². The summed E-state index contributed by atoms with van der Waals surface area (Å²) in [6.07, 6.45) is 2.19. The van der Waals surface area contributed by atoms with E-state index in [9.17, 15) is 4.79 Å². The first-order valence-electron chi connectivity index (χ1n) is 8.43. The average Bonchev–Trinajstić information content (AvgIpc) is 2.61. The monoisotopic (exact) mass is 344 g/mol. The number of amides is 1. The third kappa shape index (κ3) is 4.28. The van der Waals surface area contributed by atoms with Crippen LogP contribution < -0.4 is 5.32 Å². The van der Waals surface area contributed by atoms with Gasteiger partial charge in [-0.3, -0.25) is 4.79 Å². The van der Waals surface area contributed by atoms with Crippen LogP contribution in [0.4, 0.5) is 5.82 Å². The highest BCUT2D eigenvalue weighted by atomic mass is 32.2. The molecule has 0 unspecified atom stereocenters. The molecule has 1 aliphatic rings. The second-order valence-electron chi connectivity index (χ2n) is 6.72. The highest BCUT2D eigenvalue weighted by Crippen LogP contribution is 2.31. The van der Waals surface area contributed by atoms with E-state index in [1.165, 1.54) is 0 Å². The van der Waals surface area contributed by atoms with Crippen molar-refractivity contribution >= 4 is 34.4 Å². The first kappa shape index (κ1) is 17.2. The third-order valence-corrected chi connectivity index (χ3v) is 5.95. The summed E-state index contributed by atoms with van der Waals surface area (Å²) < 4.78 is 4.92. The van der Waals surface area contributed by atoms with Crippen molar-refractivity contribution in [3.05, 3.63) is 36.4 Å².